The smallest absolute Gasteiger partial charge is 0.235 e. The molecule has 1 aromatic heterocycles. The molecule has 1 amide bonds. The molecule has 0 saturated carbocycles. The number of carbonyl (C=O) groups is 1. The van der Waals surface area contributed by atoms with Gasteiger partial charge in [-0.1, -0.05) is 24.3 Å². The Bertz CT molecular complexity index is 936. The molecule has 3 aromatic rings. The van der Waals surface area contributed by atoms with Crippen LogP contribution in [0, 0.1) is 5.82 Å². The molecule has 1 unspecified atom stereocenters. The molecular formula is C20H18FN3O2. The number of amides is 1. The highest BCUT2D eigenvalue weighted by atomic mass is 19.1. The van der Waals surface area contributed by atoms with E-state index in [2.05, 4.69) is 11.1 Å². The maximum absolute atomic E-state index is 13.1. The van der Waals surface area contributed by atoms with Gasteiger partial charge in [0.1, 0.15) is 5.82 Å². The van der Waals surface area contributed by atoms with E-state index in [1.165, 1.54) is 17.7 Å². The Morgan fingerprint density at radius 1 is 1.19 bits per heavy atom. The van der Waals surface area contributed by atoms with Crippen LogP contribution in [0.1, 0.15) is 17.0 Å². The van der Waals surface area contributed by atoms with Gasteiger partial charge in [-0.25, -0.2) is 9.37 Å². The van der Waals surface area contributed by atoms with Crippen molar-refractivity contribution in [1.29, 1.82) is 0 Å². The average Bonchev–Trinajstić information content (AvgIpc) is 3.10. The summed E-state index contributed by atoms with van der Waals surface area (Å²) in [6, 6.07) is 13.7. The molecule has 26 heavy (non-hydrogen) atoms. The number of primary amides is 1. The Balaban J connectivity index is 1.56. The summed E-state index contributed by atoms with van der Waals surface area (Å²) in [5.74, 6) is 0.401. The molecule has 2 N–H and O–H groups in total. The van der Waals surface area contributed by atoms with Gasteiger partial charge in [-0.15, -0.1) is 0 Å². The van der Waals surface area contributed by atoms with Gasteiger partial charge in [-0.3, -0.25) is 9.69 Å². The van der Waals surface area contributed by atoms with Gasteiger partial charge in [0.05, 0.1) is 18.8 Å². The first-order chi connectivity index (χ1) is 12.6. The van der Waals surface area contributed by atoms with Crippen LogP contribution in [0.15, 0.2) is 59.1 Å². The minimum Gasteiger partial charge on any atom is -0.439 e. The van der Waals surface area contributed by atoms with Gasteiger partial charge in [0.2, 0.25) is 11.8 Å². The van der Waals surface area contributed by atoms with Crippen LogP contribution in [-0.4, -0.2) is 21.8 Å². The third kappa shape index (κ3) is 3.23. The van der Waals surface area contributed by atoms with Crippen molar-refractivity contribution >= 4 is 5.91 Å². The molecular weight excluding hydrogens is 333 g/mol. The molecule has 1 atom stereocenters. The highest BCUT2D eigenvalue weighted by Gasteiger charge is 2.30. The molecule has 0 spiro atoms. The van der Waals surface area contributed by atoms with Gasteiger partial charge in [-0.2, -0.15) is 0 Å². The number of halogens is 1. The van der Waals surface area contributed by atoms with Crippen LogP contribution in [0.3, 0.4) is 0 Å². The minimum absolute atomic E-state index is 0.301. The molecule has 1 aliphatic heterocycles. The SMILES string of the molecule is NC(=O)C1Cc2ccccc2CN1Cc1ncc(-c2ccc(F)cc2)o1. The first-order valence-electron chi connectivity index (χ1n) is 8.41. The standard InChI is InChI=1S/C20H18FN3O2/c21-16-7-5-13(6-8-16)18-10-23-19(26-18)12-24-11-15-4-2-1-3-14(15)9-17(24)20(22)25/h1-8,10,17H,9,11-12H2,(H2,22,25). The van der Waals surface area contributed by atoms with Gasteiger partial charge < -0.3 is 10.2 Å². The fourth-order valence-electron chi connectivity index (χ4n) is 3.33. The topological polar surface area (TPSA) is 72.4 Å². The van der Waals surface area contributed by atoms with Crippen molar-refractivity contribution in [3.05, 3.63) is 77.6 Å². The average molecular weight is 351 g/mol. The third-order valence-corrected chi connectivity index (χ3v) is 4.69. The van der Waals surface area contributed by atoms with Gasteiger partial charge in [0.15, 0.2) is 5.76 Å². The van der Waals surface area contributed by atoms with Crippen LogP contribution in [0.2, 0.25) is 0 Å². The van der Waals surface area contributed by atoms with Crippen LogP contribution < -0.4 is 5.73 Å². The normalized spacial score (nSPS) is 17.0. The first kappa shape index (κ1) is 16.5. The zero-order valence-corrected chi connectivity index (χ0v) is 14.1. The van der Waals surface area contributed by atoms with Crippen LogP contribution >= 0.6 is 0 Å². The fourth-order valence-corrected chi connectivity index (χ4v) is 3.33. The second-order valence-corrected chi connectivity index (χ2v) is 6.42. The zero-order valence-electron chi connectivity index (χ0n) is 14.1. The summed E-state index contributed by atoms with van der Waals surface area (Å²) in [7, 11) is 0. The molecule has 0 aliphatic carbocycles. The largest absolute Gasteiger partial charge is 0.439 e. The highest BCUT2D eigenvalue weighted by Crippen LogP contribution is 2.26. The molecule has 5 nitrogen and oxygen atoms in total. The molecule has 0 radical (unpaired) electrons. The van der Waals surface area contributed by atoms with E-state index in [4.69, 9.17) is 10.2 Å². The summed E-state index contributed by atoms with van der Waals surface area (Å²) in [5.41, 5.74) is 8.68. The van der Waals surface area contributed by atoms with Crippen LogP contribution in [0.4, 0.5) is 4.39 Å². The first-order valence-corrected chi connectivity index (χ1v) is 8.41. The second-order valence-electron chi connectivity index (χ2n) is 6.42. The van der Waals surface area contributed by atoms with E-state index in [0.717, 1.165) is 11.1 Å². The van der Waals surface area contributed by atoms with Crippen molar-refractivity contribution in [2.45, 2.75) is 25.6 Å². The molecule has 1 aliphatic rings. The van der Waals surface area contributed by atoms with E-state index in [1.54, 1.807) is 18.3 Å². The van der Waals surface area contributed by atoms with Crippen molar-refractivity contribution in [1.82, 2.24) is 9.88 Å². The Labute approximate surface area is 150 Å². The Hall–Kier alpha value is -2.99. The number of carbonyl (C=O) groups excluding carboxylic acids is 1. The van der Waals surface area contributed by atoms with Crippen LogP contribution in [0.5, 0.6) is 0 Å². The quantitative estimate of drug-likeness (QED) is 0.784. The van der Waals surface area contributed by atoms with Gasteiger partial charge in [0, 0.05) is 12.1 Å². The summed E-state index contributed by atoms with van der Waals surface area (Å²) in [5, 5.41) is 0. The lowest BCUT2D eigenvalue weighted by Crippen LogP contribution is -2.48. The Kier molecular flexibility index (Phi) is 4.26. The van der Waals surface area contributed by atoms with Crippen molar-refractivity contribution in [2.24, 2.45) is 5.73 Å². The monoisotopic (exact) mass is 351 g/mol. The second kappa shape index (κ2) is 6.72. The molecule has 6 heteroatoms. The molecule has 2 heterocycles. The Morgan fingerprint density at radius 2 is 1.92 bits per heavy atom. The molecule has 0 fully saturated rings. The van der Waals surface area contributed by atoms with E-state index < -0.39 is 6.04 Å². The Morgan fingerprint density at radius 3 is 2.65 bits per heavy atom. The number of benzene rings is 2. The zero-order chi connectivity index (χ0) is 18.1. The third-order valence-electron chi connectivity index (χ3n) is 4.69. The van der Waals surface area contributed by atoms with Crippen molar-refractivity contribution < 1.29 is 13.6 Å². The molecule has 0 saturated heterocycles. The molecule has 0 bridgehead atoms. The van der Waals surface area contributed by atoms with E-state index in [1.807, 2.05) is 23.1 Å². The lowest BCUT2D eigenvalue weighted by molar-refractivity contribution is -0.124. The number of oxazole rings is 1. The molecule has 132 valence electrons. The van der Waals surface area contributed by atoms with E-state index in [0.29, 0.717) is 31.2 Å². The summed E-state index contributed by atoms with van der Waals surface area (Å²) in [6.07, 6.45) is 2.19. The molecule has 2 aromatic carbocycles. The van der Waals surface area contributed by atoms with E-state index >= 15 is 0 Å². The maximum atomic E-state index is 13.1. The number of hydrogen-bond donors (Lipinski definition) is 1. The summed E-state index contributed by atoms with van der Waals surface area (Å²) in [6.45, 7) is 0.987. The minimum atomic E-state index is -0.397. The van der Waals surface area contributed by atoms with E-state index in [9.17, 15) is 9.18 Å². The fraction of sp³-hybridized carbons (Fsp3) is 0.200. The van der Waals surface area contributed by atoms with E-state index in [-0.39, 0.29) is 11.7 Å². The summed E-state index contributed by atoms with van der Waals surface area (Å²) in [4.78, 5) is 18.2. The highest BCUT2D eigenvalue weighted by molar-refractivity contribution is 5.80. The molecule has 4 rings (SSSR count). The number of nitrogens with two attached hydrogens (primary N) is 1. The van der Waals surface area contributed by atoms with Gasteiger partial charge >= 0.3 is 0 Å². The van der Waals surface area contributed by atoms with Gasteiger partial charge in [-0.05, 0) is 41.8 Å². The predicted molar refractivity (Wildman–Crippen MR) is 94.3 cm³/mol. The number of fused-ring (bicyclic) bond motifs is 1. The summed E-state index contributed by atoms with van der Waals surface area (Å²) >= 11 is 0. The van der Waals surface area contributed by atoms with Crippen molar-refractivity contribution in [2.75, 3.05) is 0 Å². The van der Waals surface area contributed by atoms with Crippen molar-refractivity contribution in [3.63, 3.8) is 0 Å². The maximum Gasteiger partial charge on any atom is 0.235 e. The number of aromatic nitrogens is 1. The van der Waals surface area contributed by atoms with Crippen LogP contribution in [-0.2, 0) is 24.3 Å². The number of hydrogen-bond acceptors (Lipinski definition) is 4. The summed E-state index contributed by atoms with van der Waals surface area (Å²) < 4.78 is 18.9. The van der Waals surface area contributed by atoms with Crippen molar-refractivity contribution in [3.8, 4) is 11.3 Å². The predicted octanol–water partition coefficient (Wildman–Crippen LogP) is 2.89. The van der Waals surface area contributed by atoms with Gasteiger partial charge in [0.25, 0.3) is 0 Å². The lowest BCUT2D eigenvalue weighted by Gasteiger charge is -2.34. The van der Waals surface area contributed by atoms with Crippen LogP contribution in [0.25, 0.3) is 11.3 Å². The lowest BCUT2D eigenvalue weighted by atomic mass is 9.93. The number of rotatable bonds is 4. The number of nitrogens with zero attached hydrogens (tertiary/aromatic N) is 2.